The number of benzene rings is 2. The normalized spacial score (nSPS) is 15.9. The van der Waals surface area contributed by atoms with Crippen LogP contribution < -0.4 is 10.1 Å². The van der Waals surface area contributed by atoms with Gasteiger partial charge in [-0.2, -0.15) is 0 Å². The molecule has 3 heteroatoms. The number of hydrogen-bond acceptors (Lipinski definition) is 2. The van der Waals surface area contributed by atoms with Gasteiger partial charge in [0.05, 0.1) is 11.6 Å². The monoisotopic (exact) mass is 301 g/mol. The van der Waals surface area contributed by atoms with Crippen molar-refractivity contribution in [3.05, 3.63) is 53.6 Å². The van der Waals surface area contributed by atoms with E-state index in [1.807, 2.05) is 30.3 Å². The summed E-state index contributed by atoms with van der Waals surface area (Å²) < 4.78 is 5.91. The maximum Gasteiger partial charge on any atom is 0.137 e. The molecule has 0 atom stereocenters. The second-order valence-electron chi connectivity index (χ2n) is 5.52. The predicted octanol–water partition coefficient (Wildman–Crippen LogP) is 4.39. The molecule has 2 nitrogen and oxygen atoms in total. The van der Waals surface area contributed by atoms with Crippen LogP contribution in [0.25, 0.3) is 11.1 Å². The summed E-state index contributed by atoms with van der Waals surface area (Å²) in [6, 6.07) is 16.3. The van der Waals surface area contributed by atoms with Crippen molar-refractivity contribution < 1.29 is 4.74 Å². The summed E-state index contributed by atoms with van der Waals surface area (Å²) in [7, 11) is 0. The summed E-state index contributed by atoms with van der Waals surface area (Å²) in [6.45, 7) is 2.94. The van der Waals surface area contributed by atoms with E-state index in [-0.39, 0.29) is 0 Å². The Bertz CT molecular complexity index is 579. The molecule has 0 amide bonds. The summed E-state index contributed by atoms with van der Waals surface area (Å²) in [5, 5.41) is 4.05. The van der Waals surface area contributed by atoms with Gasteiger partial charge in [0.15, 0.2) is 0 Å². The van der Waals surface area contributed by atoms with Gasteiger partial charge in [-0.3, -0.25) is 0 Å². The van der Waals surface area contributed by atoms with E-state index in [1.54, 1.807) is 0 Å². The SMILES string of the molecule is Clc1cc(-c2ccccc2)ccc1OCC1CCNCC1. The van der Waals surface area contributed by atoms with E-state index in [9.17, 15) is 0 Å². The molecule has 0 aliphatic carbocycles. The number of hydrogen-bond donors (Lipinski definition) is 1. The summed E-state index contributed by atoms with van der Waals surface area (Å²) >= 11 is 6.36. The molecular weight excluding hydrogens is 282 g/mol. The van der Waals surface area contributed by atoms with Crippen LogP contribution in [-0.2, 0) is 0 Å². The molecule has 1 N–H and O–H groups in total. The molecule has 0 bridgehead atoms. The van der Waals surface area contributed by atoms with Gasteiger partial charge >= 0.3 is 0 Å². The molecule has 0 spiro atoms. The molecule has 2 aromatic rings. The molecule has 0 saturated carbocycles. The van der Waals surface area contributed by atoms with Crippen molar-refractivity contribution in [2.45, 2.75) is 12.8 Å². The fourth-order valence-electron chi connectivity index (χ4n) is 2.68. The molecule has 1 aliphatic rings. The molecular formula is C18H20ClNO. The van der Waals surface area contributed by atoms with E-state index in [1.165, 1.54) is 18.4 Å². The van der Waals surface area contributed by atoms with Crippen LogP contribution in [0.5, 0.6) is 5.75 Å². The van der Waals surface area contributed by atoms with E-state index in [4.69, 9.17) is 16.3 Å². The van der Waals surface area contributed by atoms with Crippen molar-refractivity contribution in [1.29, 1.82) is 0 Å². The van der Waals surface area contributed by atoms with Crippen molar-refractivity contribution in [3.63, 3.8) is 0 Å². The Morgan fingerprint density at radius 3 is 2.48 bits per heavy atom. The lowest BCUT2D eigenvalue weighted by atomic mass is 9.99. The predicted molar refractivity (Wildman–Crippen MR) is 88.0 cm³/mol. The van der Waals surface area contributed by atoms with Crippen molar-refractivity contribution in [2.24, 2.45) is 5.92 Å². The lowest BCUT2D eigenvalue weighted by molar-refractivity contribution is 0.215. The summed E-state index contributed by atoms with van der Waals surface area (Å²) in [4.78, 5) is 0. The average molecular weight is 302 g/mol. The first-order valence-corrected chi connectivity index (χ1v) is 7.89. The summed E-state index contributed by atoms with van der Waals surface area (Å²) in [6.07, 6.45) is 2.36. The van der Waals surface area contributed by atoms with Crippen LogP contribution in [0.15, 0.2) is 48.5 Å². The zero-order valence-electron chi connectivity index (χ0n) is 12.0. The van der Waals surface area contributed by atoms with Gasteiger partial charge in [0, 0.05) is 0 Å². The Morgan fingerprint density at radius 2 is 1.76 bits per heavy atom. The average Bonchev–Trinajstić information content (AvgIpc) is 2.55. The van der Waals surface area contributed by atoms with Crippen LogP contribution in [0.2, 0.25) is 5.02 Å². The van der Waals surface area contributed by atoms with Crippen LogP contribution in [0.1, 0.15) is 12.8 Å². The highest BCUT2D eigenvalue weighted by Crippen LogP contribution is 2.31. The molecule has 1 aliphatic heterocycles. The van der Waals surface area contributed by atoms with Gasteiger partial charge in [-0.25, -0.2) is 0 Å². The van der Waals surface area contributed by atoms with Gasteiger partial charge < -0.3 is 10.1 Å². The molecule has 21 heavy (non-hydrogen) atoms. The maximum absolute atomic E-state index is 6.36. The van der Waals surface area contributed by atoms with Crippen molar-refractivity contribution in [2.75, 3.05) is 19.7 Å². The molecule has 0 radical (unpaired) electrons. The first-order chi connectivity index (χ1) is 10.3. The van der Waals surface area contributed by atoms with E-state index in [2.05, 4.69) is 23.5 Å². The minimum Gasteiger partial charge on any atom is -0.492 e. The highest BCUT2D eigenvalue weighted by Gasteiger charge is 2.14. The van der Waals surface area contributed by atoms with Crippen LogP contribution in [0.4, 0.5) is 0 Å². The molecule has 3 rings (SSSR count). The molecule has 1 fully saturated rings. The highest BCUT2D eigenvalue weighted by atomic mass is 35.5. The minimum atomic E-state index is 0.635. The Balaban J connectivity index is 1.67. The van der Waals surface area contributed by atoms with Gasteiger partial charge in [-0.05, 0) is 55.1 Å². The topological polar surface area (TPSA) is 21.3 Å². The summed E-state index contributed by atoms with van der Waals surface area (Å²) in [5.74, 6) is 1.42. The number of nitrogens with one attached hydrogen (secondary N) is 1. The maximum atomic E-state index is 6.36. The Kier molecular flexibility index (Phi) is 4.79. The van der Waals surface area contributed by atoms with Crippen molar-refractivity contribution in [1.82, 2.24) is 5.32 Å². The lowest BCUT2D eigenvalue weighted by Gasteiger charge is -2.23. The second-order valence-corrected chi connectivity index (χ2v) is 5.92. The van der Waals surface area contributed by atoms with Crippen LogP contribution in [-0.4, -0.2) is 19.7 Å². The Labute approximate surface area is 131 Å². The second kappa shape index (κ2) is 6.97. The highest BCUT2D eigenvalue weighted by molar-refractivity contribution is 6.32. The Hall–Kier alpha value is -1.51. The fraction of sp³-hybridized carbons (Fsp3) is 0.333. The number of rotatable bonds is 4. The van der Waals surface area contributed by atoms with Gasteiger partial charge in [0.25, 0.3) is 0 Å². The zero-order valence-corrected chi connectivity index (χ0v) is 12.8. The zero-order chi connectivity index (χ0) is 14.5. The van der Waals surface area contributed by atoms with Crippen LogP contribution in [0, 0.1) is 5.92 Å². The lowest BCUT2D eigenvalue weighted by Crippen LogP contribution is -2.30. The third kappa shape index (κ3) is 3.78. The third-order valence-electron chi connectivity index (χ3n) is 3.97. The number of piperidine rings is 1. The van der Waals surface area contributed by atoms with Gasteiger partial charge in [0.2, 0.25) is 0 Å². The third-order valence-corrected chi connectivity index (χ3v) is 4.27. The van der Waals surface area contributed by atoms with E-state index in [0.717, 1.165) is 31.0 Å². The number of halogens is 1. The fourth-order valence-corrected chi connectivity index (χ4v) is 2.92. The molecule has 0 aromatic heterocycles. The minimum absolute atomic E-state index is 0.635. The van der Waals surface area contributed by atoms with Crippen LogP contribution in [0.3, 0.4) is 0 Å². The molecule has 1 heterocycles. The largest absolute Gasteiger partial charge is 0.492 e. The van der Waals surface area contributed by atoms with E-state index < -0.39 is 0 Å². The first-order valence-electron chi connectivity index (χ1n) is 7.51. The number of ether oxygens (including phenoxy) is 1. The first kappa shape index (κ1) is 14.4. The van der Waals surface area contributed by atoms with Crippen molar-refractivity contribution >= 4 is 11.6 Å². The van der Waals surface area contributed by atoms with Gasteiger partial charge in [-0.1, -0.05) is 48.0 Å². The standard InChI is InChI=1S/C18H20ClNO/c19-17-12-16(15-4-2-1-3-5-15)6-7-18(17)21-13-14-8-10-20-11-9-14/h1-7,12,14,20H,8-11,13H2. The quantitative estimate of drug-likeness (QED) is 0.904. The van der Waals surface area contributed by atoms with Gasteiger partial charge in [0.1, 0.15) is 5.75 Å². The van der Waals surface area contributed by atoms with Crippen molar-refractivity contribution in [3.8, 4) is 16.9 Å². The molecule has 1 saturated heterocycles. The van der Waals surface area contributed by atoms with Gasteiger partial charge in [-0.15, -0.1) is 0 Å². The molecule has 2 aromatic carbocycles. The van der Waals surface area contributed by atoms with E-state index >= 15 is 0 Å². The van der Waals surface area contributed by atoms with Crippen LogP contribution >= 0.6 is 11.6 Å². The smallest absolute Gasteiger partial charge is 0.137 e. The Morgan fingerprint density at radius 1 is 1.00 bits per heavy atom. The molecule has 110 valence electrons. The molecule has 0 unspecified atom stereocenters. The van der Waals surface area contributed by atoms with E-state index in [0.29, 0.717) is 10.9 Å². The summed E-state index contributed by atoms with van der Waals surface area (Å²) in [5.41, 5.74) is 2.29.